The molecule has 1 fully saturated rings. The summed E-state index contributed by atoms with van der Waals surface area (Å²) in [5.74, 6) is 0.443. The van der Waals surface area contributed by atoms with E-state index in [4.69, 9.17) is 5.10 Å². The maximum Gasteiger partial charge on any atom is 0.272 e. The fourth-order valence-corrected chi connectivity index (χ4v) is 5.10. The third-order valence-electron chi connectivity index (χ3n) is 6.44. The standard InChI is InChI=1S/C23H29N7O2S/c1-14-10-15(2)30(26-14)16(3)23(32)28-8-6-19-18(13-28)21(27-29(19)12-17-4-5-17)22(31)25-11-20-24-7-9-33-20/h7,9-10,16-17H,4-6,8,11-13H2,1-3H3,(H,25,31). The van der Waals surface area contributed by atoms with Crippen LogP contribution < -0.4 is 5.32 Å². The zero-order chi connectivity index (χ0) is 23.1. The van der Waals surface area contributed by atoms with E-state index >= 15 is 0 Å². The van der Waals surface area contributed by atoms with Crippen LogP contribution in [0.15, 0.2) is 17.6 Å². The molecule has 33 heavy (non-hydrogen) atoms. The molecule has 1 aliphatic carbocycles. The molecule has 0 saturated heterocycles. The summed E-state index contributed by atoms with van der Waals surface area (Å²) < 4.78 is 3.79. The van der Waals surface area contributed by atoms with Crippen molar-refractivity contribution in [2.24, 2.45) is 5.92 Å². The lowest BCUT2D eigenvalue weighted by Crippen LogP contribution is -2.41. The van der Waals surface area contributed by atoms with Crippen molar-refractivity contribution in [1.29, 1.82) is 0 Å². The summed E-state index contributed by atoms with van der Waals surface area (Å²) in [5.41, 5.74) is 4.24. The molecule has 2 amide bonds. The fraction of sp³-hybridized carbons (Fsp3) is 0.522. The van der Waals surface area contributed by atoms with E-state index in [9.17, 15) is 9.59 Å². The van der Waals surface area contributed by atoms with Crippen molar-refractivity contribution in [3.8, 4) is 0 Å². The summed E-state index contributed by atoms with van der Waals surface area (Å²) in [4.78, 5) is 32.5. The van der Waals surface area contributed by atoms with Gasteiger partial charge in [0.25, 0.3) is 5.91 Å². The number of rotatable bonds is 7. The van der Waals surface area contributed by atoms with Crippen LogP contribution in [-0.4, -0.2) is 47.8 Å². The number of carbonyl (C=O) groups excluding carboxylic acids is 2. The lowest BCUT2D eigenvalue weighted by atomic mass is 10.0. The van der Waals surface area contributed by atoms with Crippen molar-refractivity contribution in [2.75, 3.05) is 6.54 Å². The van der Waals surface area contributed by atoms with Gasteiger partial charge in [-0.1, -0.05) is 0 Å². The number of carbonyl (C=O) groups is 2. The Hall–Kier alpha value is -3.01. The van der Waals surface area contributed by atoms with Gasteiger partial charge in [0.15, 0.2) is 5.69 Å². The molecule has 5 rings (SSSR count). The molecule has 3 aromatic rings. The van der Waals surface area contributed by atoms with Gasteiger partial charge in [0.2, 0.25) is 5.91 Å². The molecule has 0 bridgehead atoms. The average molecular weight is 468 g/mol. The van der Waals surface area contributed by atoms with Crippen LogP contribution in [-0.2, 0) is 30.8 Å². The minimum atomic E-state index is -0.399. The van der Waals surface area contributed by atoms with Crippen LogP contribution in [0.3, 0.4) is 0 Å². The summed E-state index contributed by atoms with van der Waals surface area (Å²) in [7, 11) is 0. The Labute approximate surface area is 196 Å². The van der Waals surface area contributed by atoms with Crippen molar-refractivity contribution in [3.63, 3.8) is 0 Å². The van der Waals surface area contributed by atoms with E-state index in [1.165, 1.54) is 24.2 Å². The van der Waals surface area contributed by atoms with Crippen molar-refractivity contribution in [2.45, 2.75) is 65.7 Å². The molecular weight excluding hydrogens is 438 g/mol. The molecule has 9 nitrogen and oxygen atoms in total. The fourth-order valence-electron chi connectivity index (χ4n) is 4.54. The molecule has 10 heteroatoms. The van der Waals surface area contributed by atoms with Crippen LogP contribution in [0, 0.1) is 19.8 Å². The van der Waals surface area contributed by atoms with E-state index in [-0.39, 0.29) is 11.8 Å². The number of aryl methyl sites for hydroxylation is 2. The van der Waals surface area contributed by atoms with E-state index in [0.29, 0.717) is 37.7 Å². The highest BCUT2D eigenvalue weighted by atomic mass is 32.1. The Kier molecular flexibility index (Phi) is 5.77. The molecule has 2 aliphatic rings. The molecule has 1 N–H and O–H groups in total. The third-order valence-corrected chi connectivity index (χ3v) is 7.22. The average Bonchev–Trinajstić information content (AvgIpc) is 3.18. The van der Waals surface area contributed by atoms with Crippen LogP contribution >= 0.6 is 11.3 Å². The highest BCUT2D eigenvalue weighted by molar-refractivity contribution is 7.09. The molecule has 1 atom stereocenters. The lowest BCUT2D eigenvalue weighted by Gasteiger charge is -2.30. The van der Waals surface area contributed by atoms with E-state index in [1.807, 2.05) is 41.8 Å². The largest absolute Gasteiger partial charge is 0.344 e. The number of thiazole rings is 1. The number of fused-ring (bicyclic) bond motifs is 1. The summed E-state index contributed by atoms with van der Waals surface area (Å²) in [6.45, 7) is 8.00. The molecular formula is C23H29N7O2S. The van der Waals surface area contributed by atoms with Crippen LogP contribution in [0.2, 0.25) is 0 Å². The molecule has 0 radical (unpaired) electrons. The normalized spacial score (nSPS) is 16.5. The van der Waals surface area contributed by atoms with E-state index in [0.717, 1.165) is 34.2 Å². The minimum absolute atomic E-state index is 0.0101. The molecule has 1 unspecified atom stereocenters. The van der Waals surface area contributed by atoms with E-state index < -0.39 is 6.04 Å². The summed E-state index contributed by atoms with van der Waals surface area (Å²) in [5, 5.41) is 14.9. The topological polar surface area (TPSA) is 97.9 Å². The maximum absolute atomic E-state index is 13.4. The maximum atomic E-state index is 13.4. The Morgan fingerprint density at radius 3 is 2.76 bits per heavy atom. The highest BCUT2D eigenvalue weighted by Crippen LogP contribution is 2.33. The second-order valence-electron chi connectivity index (χ2n) is 9.07. The van der Waals surface area contributed by atoms with Crippen molar-refractivity contribution in [1.82, 2.24) is 34.8 Å². The number of nitrogens with one attached hydrogen (secondary N) is 1. The zero-order valence-corrected chi connectivity index (χ0v) is 20.1. The van der Waals surface area contributed by atoms with Crippen LogP contribution in [0.1, 0.15) is 63.9 Å². The Morgan fingerprint density at radius 2 is 2.09 bits per heavy atom. The van der Waals surface area contributed by atoms with Gasteiger partial charge >= 0.3 is 0 Å². The van der Waals surface area contributed by atoms with Gasteiger partial charge in [0, 0.05) is 54.6 Å². The first-order valence-corrected chi connectivity index (χ1v) is 12.4. The molecule has 4 heterocycles. The first kappa shape index (κ1) is 21.8. The van der Waals surface area contributed by atoms with Crippen molar-refractivity contribution < 1.29 is 9.59 Å². The molecule has 0 spiro atoms. The van der Waals surface area contributed by atoms with Crippen LogP contribution in [0.25, 0.3) is 0 Å². The Morgan fingerprint density at radius 1 is 1.27 bits per heavy atom. The second-order valence-corrected chi connectivity index (χ2v) is 10.0. The Bertz CT molecular complexity index is 1180. The third kappa shape index (κ3) is 4.44. The zero-order valence-electron chi connectivity index (χ0n) is 19.2. The SMILES string of the molecule is Cc1cc(C)n(C(C)C(=O)N2CCc3c(c(C(=O)NCc4nccs4)nn3CC3CC3)C2)n1. The smallest absolute Gasteiger partial charge is 0.272 e. The van der Waals surface area contributed by atoms with Gasteiger partial charge in [0.05, 0.1) is 12.2 Å². The molecule has 1 saturated carbocycles. The van der Waals surface area contributed by atoms with Gasteiger partial charge in [-0.05, 0) is 45.6 Å². The van der Waals surface area contributed by atoms with Gasteiger partial charge < -0.3 is 10.2 Å². The predicted molar refractivity (Wildman–Crippen MR) is 124 cm³/mol. The van der Waals surface area contributed by atoms with E-state index in [2.05, 4.69) is 15.4 Å². The Balaban J connectivity index is 1.37. The van der Waals surface area contributed by atoms with Crippen molar-refractivity contribution >= 4 is 23.2 Å². The van der Waals surface area contributed by atoms with Crippen molar-refractivity contribution in [3.05, 3.63) is 51.0 Å². The van der Waals surface area contributed by atoms with Gasteiger partial charge in [-0.15, -0.1) is 11.3 Å². The van der Waals surface area contributed by atoms with Crippen LogP contribution in [0.5, 0.6) is 0 Å². The van der Waals surface area contributed by atoms with Gasteiger partial charge in [-0.25, -0.2) is 4.98 Å². The summed E-state index contributed by atoms with van der Waals surface area (Å²) >= 11 is 1.51. The number of aromatic nitrogens is 5. The number of hydrogen-bond acceptors (Lipinski definition) is 6. The highest BCUT2D eigenvalue weighted by Gasteiger charge is 2.34. The number of amides is 2. The molecule has 174 valence electrons. The number of hydrogen-bond donors (Lipinski definition) is 1. The monoisotopic (exact) mass is 467 g/mol. The van der Waals surface area contributed by atoms with Crippen LogP contribution in [0.4, 0.5) is 0 Å². The van der Waals surface area contributed by atoms with Gasteiger partial charge in [-0.2, -0.15) is 10.2 Å². The lowest BCUT2D eigenvalue weighted by molar-refractivity contribution is -0.135. The number of nitrogens with zero attached hydrogens (tertiary/aromatic N) is 6. The quantitative estimate of drug-likeness (QED) is 0.576. The van der Waals surface area contributed by atoms with Gasteiger partial charge in [0.1, 0.15) is 11.0 Å². The predicted octanol–water partition coefficient (Wildman–Crippen LogP) is 2.64. The van der Waals surface area contributed by atoms with E-state index in [1.54, 1.807) is 10.9 Å². The molecule has 1 aliphatic heterocycles. The first-order valence-electron chi connectivity index (χ1n) is 11.5. The van der Waals surface area contributed by atoms with Gasteiger partial charge in [-0.3, -0.25) is 19.0 Å². The summed E-state index contributed by atoms with van der Waals surface area (Å²) in [6.07, 6.45) is 4.85. The summed E-state index contributed by atoms with van der Waals surface area (Å²) in [6, 6.07) is 1.58. The molecule has 0 aromatic carbocycles. The first-order chi connectivity index (χ1) is 15.9. The minimum Gasteiger partial charge on any atom is -0.344 e. The second kappa shape index (κ2) is 8.74. The molecule has 3 aromatic heterocycles.